The molecule has 19 heavy (non-hydrogen) atoms. The van der Waals surface area contributed by atoms with Gasteiger partial charge >= 0.3 is 0 Å². The molecule has 0 spiro atoms. The number of hydrogen-bond donors (Lipinski definition) is 0. The Morgan fingerprint density at radius 2 is 2.37 bits per heavy atom. The summed E-state index contributed by atoms with van der Waals surface area (Å²) in [6.07, 6.45) is 2.71. The fraction of sp³-hybridized carbons (Fsp3) is 0.692. The van der Waals surface area contributed by atoms with Crippen molar-refractivity contribution in [3.63, 3.8) is 0 Å². The van der Waals surface area contributed by atoms with E-state index in [-0.39, 0.29) is 18.6 Å². The quantitative estimate of drug-likeness (QED) is 0.781. The van der Waals surface area contributed by atoms with E-state index in [2.05, 4.69) is 10.00 Å². The van der Waals surface area contributed by atoms with E-state index in [9.17, 15) is 4.79 Å². The molecule has 1 aliphatic heterocycles. The Morgan fingerprint density at radius 3 is 3.05 bits per heavy atom. The van der Waals surface area contributed by atoms with Gasteiger partial charge in [0.05, 0.1) is 12.2 Å². The van der Waals surface area contributed by atoms with Gasteiger partial charge in [-0.1, -0.05) is 0 Å². The third kappa shape index (κ3) is 3.33. The number of rotatable bonds is 4. The number of amides is 1. The fourth-order valence-corrected chi connectivity index (χ4v) is 2.54. The number of nitrogens with zero attached hydrogens (tertiary/aromatic N) is 4. The molecular weight excluding hydrogens is 244 g/mol. The first-order valence-electron chi connectivity index (χ1n) is 6.55. The Bertz CT molecular complexity index is 430. The molecule has 2 rings (SSSR count). The highest BCUT2D eigenvalue weighted by Gasteiger charge is 2.28. The monoisotopic (exact) mass is 266 g/mol. The molecule has 1 amide bonds. The molecule has 1 unspecified atom stereocenters. The number of aromatic nitrogens is 2. The Labute approximate surface area is 113 Å². The van der Waals surface area contributed by atoms with Gasteiger partial charge in [-0.15, -0.1) is 0 Å². The maximum atomic E-state index is 12.2. The number of carbonyl (C=O) groups excluding carboxylic acids is 1. The minimum atomic E-state index is 0.0454. The number of hydrogen-bond acceptors (Lipinski definition) is 4. The first-order chi connectivity index (χ1) is 9.11. The molecular formula is C13H22N4O2. The summed E-state index contributed by atoms with van der Waals surface area (Å²) < 4.78 is 6.98. The highest BCUT2D eigenvalue weighted by atomic mass is 16.5. The molecule has 1 aliphatic rings. The molecule has 6 heteroatoms. The Hall–Kier alpha value is -1.40. The maximum Gasteiger partial charge on any atom is 0.249 e. The second kappa shape index (κ2) is 6.16. The maximum absolute atomic E-state index is 12.2. The average Bonchev–Trinajstić information content (AvgIpc) is 2.72. The summed E-state index contributed by atoms with van der Waals surface area (Å²) >= 11 is 0. The minimum absolute atomic E-state index is 0.0454. The molecule has 0 fully saturated rings. The topological polar surface area (TPSA) is 50.6 Å². The van der Waals surface area contributed by atoms with Gasteiger partial charge < -0.3 is 14.5 Å². The second-order valence-electron chi connectivity index (χ2n) is 5.21. The summed E-state index contributed by atoms with van der Waals surface area (Å²) in [5.74, 6) is 0.0454. The zero-order chi connectivity index (χ0) is 13.8. The van der Waals surface area contributed by atoms with Crippen LogP contribution in [0.25, 0.3) is 0 Å². The largest absolute Gasteiger partial charge is 0.375 e. The molecule has 0 aliphatic carbocycles. The predicted octanol–water partition coefficient (Wildman–Crippen LogP) is 0.192. The number of aryl methyl sites for hydroxylation is 1. The van der Waals surface area contributed by atoms with Gasteiger partial charge in [0, 0.05) is 32.4 Å². The Balaban J connectivity index is 2.18. The van der Waals surface area contributed by atoms with E-state index in [1.54, 1.807) is 13.3 Å². The van der Waals surface area contributed by atoms with Crippen LogP contribution in [-0.2, 0) is 22.6 Å². The van der Waals surface area contributed by atoms with Crippen molar-refractivity contribution in [3.05, 3.63) is 18.0 Å². The van der Waals surface area contributed by atoms with E-state index in [4.69, 9.17) is 4.74 Å². The summed E-state index contributed by atoms with van der Waals surface area (Å²) in [7, 11) is 5.62. The van der Waals surface area contributed by atoms with Crippen molar-refractivity contribution in [1.29, 1.82) is 0 Å². The zero-order valence-electron chi connectivity index (χ0n) is 11.9. The van der Waals surface area contributed by atoms with Gasteiger partial charge in [-0.3, -0.25) is 9.48 Å². The van der Waals surface area contributed by atoms with Crippen molar-refractivity contribution in [3.8, 4) is 0 Å². The summed E-state index contributed by atoms with van der Waals surface area (Å²) in [4.78, 5) is 16.3. The van der Waals surface area contributed by atoms with Crippen molar-refractivity contribution < 1.29 is 9.53 Å². The van der Waals surface area contributed by atoms with Gasteiger partial charge in [0.1, 0.15) is 6.61 Å². The van der Waals surface area contributed by atoms with Gasteiger partial charge in [-0.05, 0) is 26.6 Å². The average molecular weight is 266 g/mol. The van der Waals surface area contributed by atoms with Crippen LogP contribution >= 0.6 is 0 Å². The van der Waals surface area contributed by atoms with Gasteiger partial charge in [-0.2, -0.15) is 5.10 Å². The van der Waals surface area contributed by atoms with Crippen LogP contribution in [0.2, 0.25) is 0 Å². The van der Waals surface area contributed by atoms with Crippen LogP contribution in [0.15, 0.2) is 12.3 Å². The van der Waals surface area contributed by atoms with Crippen LogP contribution in [0.1, 0.15) is 12.1 Å². The molecule has 0 aromatic carbocycles. The first-order valence-corrected chi connectivity index (χ1v) is 6.55. The molecule has 0 N–H and O–H groups in total. The van der Waals surface area contributed by atoms with E-state index in [0.29, 0.717) is 6.54 Å². The van der Waals surface area contributed by atoms with Gasteiger partial charge in [0.15, 0.2) is 0 Å². The van der Waals surface area contributed by atoms with Gasteiger partial charge in [-0.25, -0.2) is 0 Å². The summed E-state index contributed by atoms with van der Waals surface area (Å²) in [6, 6.07) is 2.19. The smallest absolute Gasteiger partial charge is 0.249 e. The van der Waals surface area contributed by atoms with Crippen LogP contribution < -0.4 is 0 Å². The van der Waals surface area contributed by atoms with Crippen molar-refractivity contribution in [2.24, 2.45) is 0 Å². The normalized spacial score (nSPS) is 19.4. The lowest BCUT2D eigenvalue weighted by molar-refractivity contribution is -0.138. The van der Waals surface area contributed by atoms with E-state index in [0.717, 1.165) is 25.2 Å². The van der Waals surface area contributed by atoms with Crippen LogP contribution in [-0.4, -0.2) is 65.9 Å². The summed E-state index contributed by atoms with van der Waals surface area (Å²) in [5.41, 5.74) is 1.09. The molecule has 0 bridgehead atoms. The minimum Gasteiger partial charge on any atom is -0.375 e. The highest BCUT2D eigenvalue weighted by Crippen LogP contribution is 2.18. The van der Waals surface area contributed by atoms with E-state index in [1.807, 2.05) is 29.7 Å². The zero-order valence-corrected chi connectivity index (χ0v) is 11.9. The summed E-state index contributed by atoms with van der Waals surface area (Å²) in [6.45, 7) is 2.47. The Kier molecular flexibility index (Phi) is 4.55. The fourth-order valence-electron chi connectivity index (χ4n) is 2.54. The summed E-state index contributed by atoms with van der Waals surface area (Å²) in [5, 5.41) is 4.30. The molecule has 1 atom stereocenters. The van der Waals surface area contributed by atoms with Crippen molar-refractivity contribution in [1.82, 2.24) is 19.6 Å². The molecule has 0 saturated carbocycles. The van der Waals surface area contributed by atoms with Crippen LogP contribution in [0, 0.1) is 0 Å². The number of fused-ring (bicyclic) bond motifs is 1. The molecule has 6 nitrogen and oxygen atoms in total. The lowest BCUT2D eigenvalue weighted by Gasteiger charge is -2.31. The van der Waals surface area contributed by atoms with Crippen molar-refractivity contribution in [2.75, 3.05) is 34.4 Å². The van der Waals surface area contributed by atoms with Crippen molar-refractivity contribution >= 4 is 5.91 Å². The van der Waals surface area contributed by atoms with Crippen LogP contribution in [0.5, 0.6) is 0 Å². The lowest BCUT2D eigenvalue weighted by Crippen LogP contribution is -2.45. The van der Waals surface area contributed by atoms with E-state index in [1.165, 1.54) is 0 Å². The standard InChI is InChI=1S/C13H22N4O2/c1-15(2)8-11-5-7-17-12(4-6-14-17)9-16(11)13(18)10-19-3/h4,6,11H,5,7-10H2,1-3H3. The number of ether oxygens (including phenoxy) is 1. The van der Waals surface area contributed by atoms with Crippen molar-refractivity contribution in [2.45, 2.75) is 25.6 Å². The third-order valence-corrected chi connectivity index (χ3v) is 3.42. The van der Waals surface area contributed by atoms with E-state index >= 15 is 0 Å². The number of methoxy groups -OCH3 is 1. The molecule has 0 saturated heterocycles. The molecule has 1 aromatic heterocycles. The predicted molar refractivity (Wildman–Crippen MR) is 71.6 cm³/mol. The van der Waals surface area contributed by atoms with Gasteiger partial charge in [0.25, 0.3) is 0 Å². The first kappa shape index (κ1) is 14.0. The van der Waals surface area contributed by atoms with E-state index < -0.39 is 0 Å². The Morgan fingerprint density at radius 1 is 1.58 bits per heavy atom. The molecule has 1 aromatic rings. The third-order valence-electron chi connectivity index (χ3n) is 3.42. The van der Waals surface area contributed by atoms with Crippen LogP contribution in [0.4, 0.5) is 0 Å². The second-order valence-corrected chi connectivity index (χ2v) is 5.21. The molecule has 0 radical (unpaired) electrons. The van der Waals surface area contributed by atoms with Crippen LogP contribution in [0.3, 0.4) is 0 Å². The molecule has 106 valence electrons. The molecule has 2 heterocycles. The number of likely N-dealkylation sites (N-methyl/N-ethyl adjacent to an activating group) is 1. The number of carbonyl (C=O) groups is 1. The van der Waals surface area contributed by atoms with Gasteiger partial charge in [0.2, 0.25) is 5.91 Å². The lowest BCUT2D eigenvalue weighted by atomic mass is 10.1. The SMILES string of the molecule is COCC(=O)N1Cc2ccnn2CCC1CN(C)C. The highest BCUT2D eigenvalue weighted by molar-refractivity contribution is 5.77.